The molecule has 146 valence electrons. The van der Waals surface area contributed by atoms with Crippen LogP contribution in [0.4, 0.5) is 0 Å². The van der Waals surface area contributed by atoms with E-state index in [1.165, 1.54) is 17.5 Å². The van der Waals surface area contributed by atoms with Crippen LogP contribution in [0, 0.1) is 11.8 Å². The van der Waals surface area contributed by atoms with Gasteiger partial charge < -0.3 is 10.1 Å². The second-order valence-corrected chi connectivity index (χ2v) is 9.32. The molecule has 1 aromatic rings. The Morgan fingerprint density at radius 3 is 2.46 bits per heavy atom. The van der Waals surface area contributed by atoms with Crippen LogP contribution in [0.25, 0.3) is 0 Å². The van der Waals surface area contributed by atoms with Crippen LogP contribution in [0.2, 0.25) is 0 Å². The summed E-state index contributed by atoms with van der Waals surface area (Å²) in [6.45, 7) is 8.98. The summed E-state index contributed by atoms with van der Waals surface area (Å²) >= 11 is 0. The Kier molecular flexibility index (Phi) is 6.69. The van der Waals surface area contributed by atoms with E-state index in [1.807, 2.05) is 13.8 Å². The Labute approximate surface area is 157 Å². The number of ether oxygens (including phenoxy) is 1. The molecular formula is C19H30N2O4S. The Hall–Kier alpha value is -1.60. The van der Waals surface area contributed by atoms with E-state index >= 15 is 0 Å². The first-order valence-corrected chi connectivity index (χ1v) is 10.6. The van der Waals surface area contributed by atoms with Gasteiger partial charge in [0.2, 0.25) is 10.0 Å². The average Bonchev–Trinajstić information content (AvgIpc) is 2.60. The van der Waals surface area contributed by atoms with E-state index in [-0.39, 0.29) is 22.6 Å². The molecule has 0 radical (unpaired) electrons. The molecule has 1 N–H and O–H groups in total. The third-order valence-electron chi connectivity index (χ3n) is 4.87. The first-order chi connectivity index (χ1) is 12.2. The fourth-order valence-corrected chi connectivity index (χ4v) is 5.23. The summed E-state index contributed by atoms with van der Waals surface area (Å²) in [5, 5.41) is 2.87. The molecule has 0 aromatic heterocycles. The highest BCUT2D eigenvalue weighted by molar-refractivity contribution is 7.89. The molecule has 7 heteroatoms. The lowest BCUT2D eigenvalue weighted by Crippen LogP contribution is -2.42. The highest BCUT2D eigenvalue weighted by Crippen LogP contribution is 2.32. The maximum atomic E-state index is 13.2. The van der Waals surface area contributed by atoms with Crippen LogP contribution in [-0.2, 0) is 10.0 Å². The van der Waals surface area contributed by atoms with Gasteiger partial charge in [-0.05, 0) is 49.8 Å². The fourth-order valence-electron chi connectivity index (χ4n) is 3.37. The second kappa shape index (κ2) is 8.39. The zero-order valence-electron chi connectivity index (χ0n) is 16.3. The minimum absolute atomic E-state index is 0.0217. The Balaban J connectivity index is 2.39. The largest absolute Gasteiger partial charge is 0.495 e. The van der Waals surface area contributed by atoms with Crippen LogP contribution in [0.15, 0.2) is 23.1 Å². The summed E-state index contributed by atoms with van der Waals surface area (Å²) in [5.41, 5.74) is 0.322. The van der Waals surface area contributed by atoms with E-state index in [0.29, 0.717) is 30.5 Å². The quantitative estimate of drug-likeness (QED) is 0.821. The van der Waals surface area contributed by atoms with Crippen molar-refractivity contribution in [3.63, 3.8) is 0 Å². The van der Waals surface area contributed by atoms with Crippen LogP contribution in [0.3, 0.4) is 0 Å². The number of amides is 1. The predicted octanol–water partition coefficient (Wildman–Crippen LogP) is 2.89. The molecule has 26 heavy (non-hydrogen) atoms. The summed E-state index contributed by atoms with van der Waals surface area (Å²) < 4.78 is 33.2. The summed E-state index contributed by atoms with van der Waals surface area (Å²) in [5.74, 6) is 0.586. The van der Waals surface area contributed by atoms with Gasteiger partial charge >= 0.3 is 0 Å². The molecule has 1 amide bonds. The lowest BCUT2D eigenvalue weighted by atomic mass is 9.94. The molecule has 1 heterocycles. The molecule has 2 rings (SSSR count). The lowest BCUT2D eigenvalue weighted by Gasteiger charge is -2.34. The number of benzene rings is 1. The number of hydrogen-bond donors (Lipinski definition) is 1. The third-order valence-corrected chi connectivity index (χ3v) is 6.72. The van der Waals surface area contributed by atoms with E-state index in [9.17, 15) is 13.2 Å². The molecule has 0 bridgehead atoms. The standard InChI is InChI=1S/C19H30N2O4S/c1-6-15(4)20-19(22)16-7-8-17(25-5)18(10-16)26(23,24)21-11-13(2)9-14(3)12-21/h7-8,10,13-15H,6,9,11-12H2,1-5H3,(H,20,22)/t13-,14+,15-/m0/s1. The van der Waals surface area contributed by atoms with E-state index in [0.717, 1.165) is 12.8 Å². The van der Waals surface area contributed by atoms with Gasteiger partial charge in [-0.3, -0.25) is 4.79 Å². The normalized spacial score (nSPS) is 22.7. The summed E-state index contributed by atoms with van der Waals surface area (Å²) in [6.07, 6.45) is 1.82. The number of carbonyl (C=O) groups is 1. The number of hydrogen-bond acceptors (Lipinski definition) is 4. The van der Waals surface area contributed by atoms with Gasteiger partial charge in [0.25, 0.3) is 5.91 Å². The number of piperidine rings is 1. The van der Waals surface area contributed by atoms with Gasteiger partial charge in [0.05, 0.1) is 7.11 Å². The Morgan fingerprint density at radius 2 is 1.92 bits per heavy atom. The van der Waals surface area contributed by atoms with E-state index < -0.39 is 10.0 Å². The third kappa shape index (κ3) is 4.57. The molecule has 0 saturated carbocycles. The van der Waals surface area contributed by atoms with Gasteiger partial charge in [-0.1, -0.05) is 20.8 Å². The molecule has 1 aliphatic rings. The summed E-state index contributed by atoms with van der Waals surface area (Å²) in [6, 6.07) is 4.59. The van der Waals surface area contributed by atoms with Crippen LogP contribution >= 0.6 is 0 Å². The summed E-state index contributed by atoms with van der Waals surface area (Å²) in [4.78, 5) is 12.5. The maximum absolute atomic E-state index is 13.2. The molecule has 1 aliphatic heterocycles. The first kappa shape index (κ1) is 20.7. The van der Waals surface area contributed by atoms with Gasteiger partial charge in [0, 0.05) is 24.7 Å². The van der Waals surface area contributed by atoms with E-state index in [2.05, 4.69) is 19.2 Å². The van der Waals surface area contributed by atoms with E-state index in [4.69, 9.17) is 4.74 Å². The molecule has 1 saturated heterocycles. The van der Waals surface area contributed by atoms with Crippen LogP contribution in [-0.4, -0.2) is 44.9 Å². The summed E-state index contributed by atoms with van der Waals surface area (Å²) in [7, 11) is -2.29. The Morgan fingerprint density at radius 1 is 1.31 bits per heavy atom. The van der Waals surface area contributed by atoms with Crippen molar-refractivity contribution in [3.05, 3.63) is 23.8 Å². The zero-order valence-corrected chi connectivity index (χ0v) is 17.1. The molecule has 3 atom stereocenters. The van der Waals surface area contributed by atoms with E-state index in [1.54, 1.807) is 12.1 Å². The highest BCUT2D eigenvalue weighted by Gasteiger charge is 2.34. The average molecular weight is 383 g/mol. The monoisotopic (exact) mass is 382 g/mol. The van der Waals surface area contributed by atoms with Gasteiger partial charge in [-0.15, -0.1) is 0 Å². The molecule has 0 unspecified atom stereocenters. The highest BCUT2D eigenvalue weighted by atomic mass is 32.2. The molecule has 0 aliphatic carbocycles. The second-order valence-electron chi connectivity index (χ2n) is 7.42. The van der Waals surface area contributed by atoms with Crippen LogP contribution in [0.5, 0.6) is 5.75 Å². The van der Waals surface area contributed by atoms with Crippen molar-refractivity contribution in [1.82, 2.24) is 9.62 Å². The van der Waals surface area contributed by atoms with Crippen molar-refractivity contribution in [2.45, 2.75) is 51.5 Å². The number of sulfonamides is 1. The lowest BCUT2D eigenvalue weighted by molar-refractivity contribution is 0.0939. The van der Waals surface area contributed by atoms with Crippen LogP contribution in [0.1, 0.15) is 50.9 Å². The molecule has 6 nitrogen and oxygen atoms in total. The fraction of sp³-hybridized carbons (Fsp3) is 0.632. The van der Waals surface area contributed by atoms with Crippen molar-refractivity contribution in [2.24, 2.45) is 11.8 Å². The van der Waals surface area contributed by atoms with Crippen molar-refractivity contribution in [1.29, 1.82) is 0 Å². The number of carbonyl (C=O) groups excluding carboxylic acids is 1. The minimum Gasteiger partial charge on any atom is -0.495 e. The number of methoxy groups -OCH3 is 1. The van der Waals surface area contributed by atoms with Crippen molar-refractivity contribution in [3.8, 4) is 5.75 Å². The van der Waals surface area contributed by atoms with Crippen LogP contribution < -0.4 is 10.1 Å². The molecule has 1 aromatic carbocycles. The Bertz CT molecular complexity index is 738. The number of rotatable bonds is 6. The van der Waals surface area contributed by atoms with Gasteiger partial charge in [-0.2, -0.15) is 4.31 Å². The van der Waals surface area contributed by atoms with Crippen molar-refractivity contribution in [2.75, 3.05) is 20.2 Å². The van der Waals surface area contributed by atoms with Crippen molar-refractivity contribution < 1.29 is 17.9 Å². The minimum atomic E-state index is -3.73. The zero-order chi connectivity index (χ0) is 19.5. The number of nitrogens with zero attached hydrogens (tertiary/aromatic N) is 1. The first-order valence-electron chi connectivity index (χ1n) is 9.18. The maximum Gasteiger partial charge on any atom is 0.251 e. The van der Waals surface area contributed by atoms with Gasteiger partial charge in [0.1, 0.15) is 10.6 Å². The van der Waals surface area contributed by atoms with Gasteiger partial charge in [-0.25, -0.2) is 8.42 Å². The van der Waals surface area contributed by atoms with Crippen molar-refractivity contribution >= 4 is 15.9 Å². The SMILES string of the molecule is CC[C@H](C)NC(=O)c1ccc(OC)c(S(=O)(=O)N2C[C@H](C)C[C@H](C)C2)c1. The smallest absolute Gasteiger partial charge is 0.251 e. The van der Waals surface area contributed by atoms with Gasteiger partial charge in [0.15, 0.2) is 0 Å². The topological polar surface area (TPSA) is 75.7 Å². The predicted molar refractivity (Wildman–Crippen MR) is 102 cm³/mol. The number of nitrogens with one attached hydrogen (secondary N) is 1. The molecular weight excluding hydrogens is 352 g/mol. The molecule has 1 fully saturated rings. The molecule has 0 spiro atoms.